The minimum atomic E-state index is -0.363. The molecule has 1 aromatic carbocycles. The van der Waals surface area contributed by atoms with Gasteiger partial charge in [0.25, 0.3) is 5.56 Å². The highest BCUT2D eigenvalue weighted by Gasteiger charge is 2.08. The van der Waals surface area contributed by atoms with Crippen molar-refractivity contribution >= 4 is 5.91 Å². The maximum Gasteiger partial charge on any atom is 0.254 e. The molecule has 0 atom stereocenters. The van der Waals surface area contributed by atoms with Gasteiger partial charge < -0.3 is 9.73 Å². The molecule has 24 heavy (non-hydrogen) atoms. The van der Waals surface area contributed by atoms with Gasteiger partial charge in [-0.1, -0.05) is 0 Å². The molecule has 0 radical (unpaired) electrons. The summed E-state index contributed by atoms with van der Waals surface area (Å²) >= 11 is 0. The molecule has 3 rings (SSSR count). The minimum Gasteiger partial charge on any atom is -0.467 e. The molecule has 0 aliphatic heterocycles. The number of benzene rings is 1. The SMILES string of the molecule is O=C(Cn1cnc(-c2ccc(F)cc2)cc1=O)NCc1ccco1. The molecule has 3 aromatic rings. The molecule has 1 N–H and O–H groups in total. The minimum absolute atomic E-state index is 0.143. The van der Waals surface area contributed by atoms with Crippen LogP contribution in [0.1, 0.15) is 5.76 Å². The van der Waals surface area contributed by atoms with E-state index in [9.17, 15) is 14.0 Å². The van der Waals surface area contributed by atoms with Crippen LogP contribution in [0.15, 0.2) is 64.3 Å². The van der Waals surface area contributed by atoms with Gasteiger partial charge in [0.2, 0.25) is 5.91 Å². The van der Waals surface area contributed by atoms with Crippen LogP contribution in [0.3, 0.4) is 0 Å². The second-order valence-corrected chi connectivity index (χ2v) is 5.10. The summed E-state index contributed by atoms with van der Waals surface area (Å²) in [5.74, 6) is -0.0642. The molecular weight excluding hydrogens is 313 g/mol. The van der Waals surface area contributed by atoms with Gasteiger partial charge in [-0.05, 0) is 36.4 Å². The molecule has 122 valence electrons. The summed E-state index contributed by atoms with van der Waals surface area (Å²) in [6, 6.07) is 10.5. The van der Waals surface area contributed by atoms with E-state index in [0.717, 1.165) is 0 Å². The predicted octanol–water partition coefficient (Wildman–Crippen LogP) is 1.96. The Kier molecular flexibility index (Phi) is 4.51. The Hall–Kier alpha value is -3.22. The number of amides is 1. The number of hydrogen-bond acceptors (Lipinski definition) is 4. The standard InChI is InChI=1S/C17H14FN3O3/c18-13-5-3-12(4-6-13)15-8-17(23)21(11-20-15)10-16(22)19-9-14-2-1-7-24-14/h1-8,11H,9-10H2,(H,19,22). The van der Waals surface area contributed by atoms with E-state index in [2.05, 4.69) is 10.3 Å². The van der Waals surface area contributed by atoms with Crippen LogP contribution in [0.25, 0.3) is 11.3 Å². The maximum atomic E-state index is 12.9. The van der Waals surface area contributed by atoms with Gasteiger partial charge in [-0.2, -0.15) is 0 Å². The normalized spacial score (nSPS) is 10.5. The van der Waals surface area contributed by atoms with Crippen molar-refractivity contribution in [1.29, 1.82) is 0 Å². The fourth-order valence-electron chi connectivity index (χ4n) is 2.13. The lowest BCUT2D eigenvalue weighted by Gasteiger charge is -2.07. The molecule has 7 heteroatoms. The van der Waals surface area contributed by atoms with E-state index >= 15 is 0 Å². The lowest BCUT2D eigenvalue weighted by atomic mass is 10.1. The van der Waals surface area contributed by atoms with Crippen LogP contribution in [0.4, 0.5) is 4.39 Å². The number of nitrogens with one attached hydrogen (secondary N) is 1. The van der Waals surface area contributed by atoms with Crippen LogP contribution in [0.5, 0.6) is 0 Å². The summed E-state index contributed by atoms with van der Waals surface area (Å²) in [4.78, 5) is 28.1. The zero-order valence-corrected chi connectivity index (χ0v) is 12.6. The lowest BCUT2D eigenvalue weighted by molar-refractivity contribution is -0.122. The van der Waals surface area contributed by atoms with E-state index < -0.39 is 0 Å². The van der Waals surface area contributed by atoms with E-state index in [1.54, 1.807) is 12.1 Å². The third-order valence-corrected chi connectivity index (χ3v) is 3.37. The van der Waals surface area contributed by atoms with E-state index in [1.165, 1.54) is 47.5 Å². The number of aromatic nitrogens is 2. The Morgan fingerprint density at radius 1 is 1.25 bits per heavy atom. The van der Waals surface area contributed by atoms with Gasteiger partial charge in [0.15, 0.2) is 0 Å². The van der Waals surface area contributed by atoms with Crippen molar-refractivity contribution in [3.05, 3.63) is 77.0 Å². The van der Waals surface area contributed by atoms with Crippen LogP contribution in [-0.4, -0.2) is 15.5 Å². The highest BCUT2D eigenvalue weighted by atomic mass is 19.1. The number of halogens is 1. The summed E-state index contributed by atoms with van der Waals surface area (Å²) in [6.07, 6.45) is 2.82. The largest absolute Gasteiger partial charge is 0.467 e. The zero-order chi connectivity index (χ0) is 16.9. The smallest absolute Gasteiger partial charge is 0.254 e. The van der Waals surface area contributed by atoms with Crippen LogP contribution in [0, 0.1) is 5.82 Å². The third-order valence-electron chi connectivity index (χ3n) is 3.37. The highest BCUT2D eigenvalue weighted by Crippen LogP contribution is 2.14. The van der Waals surface area contributed by atoms with Crippen LogP contribution < -0.4 is 10.9 Å². The molecule has 0 aliphatic carbocycles. The van der Waals surface area contributed by atoms with Crippen molar-refractivity contribution in [3.8, 4) is 11.3 Å². The highest BCUT2D eigenvalue weighted by molar-refractivity contribution is 5.75. The summed E-state index contributed by atoms with van der Waals surface area (Å²) in [7, 11) is 0. The quantitative estimate of drug-likeness (QED) is 0.777. The van der Waals surface area contributed by atoms with E-state index in [4.69, 9.17) is 4.42 Å². The lowest BCUT2D eigenvalue weighted by Crippen LogP contribution is -2.31. The molecule has 0 saturated heterocycles. The fraction of sp³-hybridized carbons (Fsp3) is 0.118. The topological polar surface area (TPSA) is 77.1 Å². The first-order valence-electron chi connectivity index (χ1n) is 7.23. The average Bonchev–Trinajstić information content (AvgIpc) is 3.09. The number of furan rings is 1. The zero-order valence-electron chi connectivity index (χ0n) is 12.6. The van der Waals surface area contributed by atoms with E-state index in [1.807, 2.05) is 0 Å². The average molecular weight is 327 g/mol. The molecule has 1 amide bonds. The van der Waals surface area contributed by atoms with Gasteiger partial charge in [0.1, 0.15) is 18.1 Å². The number of nitrogens with zero attached hydrogens (tertiary/aromatic N) is 2. The number of hydrogen-bond donors (Lipinski definition) is 1. The van der Waals surface area contributed by atoms with Crippen LogP contribution in [0.2, 0.25) is 0 Å². The summed E-state index contributed by atoms with van der Waals surface area (Å²) < 4.78 is 19.2. The Labute approximate surface area is 136 Å². The van der Waals surface area contributed by atoms with Gasteiger partial charge in [-0.25, -0.2) is 9.37 Å². The second-order valence-electron chi connectivity index (χ2n) is 5.10. The molecule has 0 spiro atoms. The Morgan fingerprint density at radius 2 is 2.04 bits per heavy atom. The van der Waals surface area contributed by atoms with Gasteiger partial charge in [0.05, 0.1) is 24.8 Å². The number of carbonyl (C=O) groups is 1. The second kappa shape index (κ2) is 6.91. The van der Waals surface area contributed by atoms with Crippen molar-refractivity contribution < 1.29 is 13.6 Å². The molecular formula is C17H14FN3O3. The first kappa shape index (κ1) is 15.7. The molecule has 0 bridgehead atoms. The van der Waals surface area contributed by atoms with Crippen molar-refractivity contribution in [2.24, 2.45) is 0 Å². The Bertz CT molecular complexity index is 886. The predicted molar refractivity (Wildman–Crippen MR) is 84.4 cm³/mol. The van der Waals surface area contributed by atoms with Gasteiger partial charge in [-0.15, -0.1) is 0 Å². The summed E-state index contributed by atoms with van der Waals surface area (Å²) in [5, 5.41) is 2.65. The van der Waals surface area contributed by atoms with Crippen LogP contribution >= 0.6 is 0 Å². The summed E-state index contributed by atoms with van der Waals surface area (Å²) in [6.45, 7) is 0.109. The van der Waals surface area contributed by atoms with Gasteiger partial charge >= 0.3 is 0 Å². The first-order valence-corrected chi connectivity index (χ1v) is 7.23. The number of carbonyl (C=O) groups excluding carboxylic acids is 1. The van der Waals surface area contributed by atoms with Crippen molar-refractivity contribution in [1.82, 2.24) is 14.9 Å². The van der Waals surface area contributed by atoms with Crippen molar-refractivity contribution in [2.45, 2.75) is 13.1 Å². The number of rotatable bonds is 5. The fourth-order valence-corrected chi connectivity index (χ4v) is 2.13. The van der Waals surface area contributed by atoms with Gasteiger partial charge in [-0.3, -0.25) is 14.2 Å². The molecule has 0 unspecified atom stereocenters. The first-order chi connectivity index (χ1) is 11.6. The Balaban J connectivity index is 1.67. The van der Waals surface area contributed by atoms with Crippen molar-refractivity contribution in [3.63, 3.8) is 0 Å². The molecule has 6 nitrogen and oxygen atoms in total. The van der Waals surface area contributed by atoms with Gasteiger partial charge in [0, 0.05) is 11.6 Å². The van der Waals surface area contributed by atoms with Crippen molar-refractivity contribution in [2.75, 3.05) is 0 Å². The third kappa shape index (κ3) is 3.75. The van der Waals surface area contributed by atoms with E-state index in [0.29, 0.717) is 17.0 Å². The Morgan fingerprint density at radius 3 is 2.71 bits per heavy atom. The molecule has 0 saturated carbocycles. The maximum absolute atomic E-state index is 12.9. The van der Waals surface area contributed by atoms with E-state index in [-0.39, 0.29) is 30.4 Å². The monoisotopic (exact) mass is 327 g/mol. The molecule has 2 heterocycles. The molecule has 2 aromatic heterocycles. The molecule has 0 aliphatic rings. The summed E-state index contributed by atoms with van der Waals surface area (Å²) in [5.41, 5.74) is 0.688. The molecule has 0 fully saturated rings. The van der Waals surface area contributed by atoms with Crippen LogP contribution in [-0.2, 0) is 17.9 Å².